The van der Waals surface area contributed by atoms with Gasteiger partial charge in [-0.1, -0.05) is 11.3 Å². The van der Waals surface area contributed by atoms with Crippen LogP contribution in [0.4, 0.5) is 5.13 Å². The number of aromatic nitrogens is 3. The monoisotopic (exact) mass is 318 g/mol. The van der Waals surface area contributed by atoms with E-state index < -0.39 is 0 Å². The molecule has 0 unspecified atom stereocenters. The van der Waals surface area contributed by atoms with Crippen molar-refractivity contribution in [3.63, 3.8) is 0 Å². The standard InChI is InChI=1S/C8H7IN4S/c1-10-8-13-12-7(14-8)5-3-2-4-11-6(5)9/h2-4H,1H3,(H,10,13). The van der Waals surface area contributed by atoms with Gasteiger partial charge < -0.3 is 5.32 Å². The van der Waals surface area contributed by atoms with E-state index in [1.54, 1.807) is 6.20 Å². The number of anilines is 1. The topological polar surface area (TPSA) is 50.7 Å². The Kier molecular flexibility index (Phi) is 2.92. The van der Waals surface area contributed by atoms with E-state index in [0.29, 0.717) is 0 Å². The lowest BCUT2D eigenvalue weighted by atomic mass is 10.3. The zero-order chi connectivity index (χ0) is 9.97. The van der Waals surface area contributed by atoms with Gasteiger partial charge in [0.05, 0.1) is 0 Å². The second-order valence-electron chi connectivity index (χ2n) is 2.50. The molecule has 0 saturated carbocycles. The molecule has 0 aliphatic carbocycles. The number of hydrogen-bond acceptors (Lipinski definition) is 5. The van der Waals surface area contributed by atoms with Gasteiger partial charge in [0.25, 0.3) is 0 Å². The molecule has 0 bridgehead atoms. The van der Waals surface area contributed by atoms with Gasteiger partial charge in [0, 0.05) is 18.8 Å². The van der Waals surface area contributed by atoms with Crippen LogP contribution in [0, 0.1) is 3.70 Å². The van der Waals surface area contributed by atoms with Crippen LogP contribution in [-0.2, 0) is 0 Å². The maximum Gasteiger partial charge on any atom is 0.205 e. The number of nitrogens with zero attached hydrogens (tertiary/aromatic N) is 3. The van der Waals surface area contributed by atoms with Crippen LogP contribution in [0.15, 0.2) is 18.3 Å². The summed E-state index contributed by atoms with van der Waals surface area (Å²) >= 11 is 3.71. The number of nitrogens with one attached hydrogen (secondary N) is 1. The third-order valence-electron chi connectivity index (χ3n) is 1.63. The summed E-state index contributed by atoms with van der Waals surface area (Å²) in [5.74, 6) is 0. The average molecular weight is 318 g/mol. The van der Waals surface area contributed by atoms with E-state index in [1.807, 2.05) is 19.2 Å². The molecule has 72 valence electrons. The first kappa shape index (κ1) is 9.78. The van der Waals surface area contributed by atoms with E-state index in [1.165, 1.54) is 11.3 Å². The maximum absolute atomic E-state index is 4.20. The van der Waals surface area contributed by atoms with Gasteiger partial charge in [-0.25, -0.2) is 4.98 Å². The molecular weight excluding hydrogens is 311 g/mol. The summed E-state index contributed by atoms with van der Waals surface area (Å²) in [6.07, 6.45) is 1.77. The first-order valence-electron chi connectivity index (χ1n) is 3.93. The van der Waals surface area contributed by atoms with Crippen LogP contribution in [0.25, 0.3) is 10.6 Å². The lowest BCUT2D eigenvalue weighted by Gasteiger charge is -1.96. The van der Waals surface area contributed by atoms with Crippen molar-refractivity contribution in [2.24, 2.45) is 0 Å². The van der Waals surface area contributed by atoms with Crippen LogP contribution in [0.3, 0.4) is 0 Å². The molecule has 2 aromatic rings. The molecule has 6 heteroatoms. The van der Waals surface area contributed by atoms with Crippen LogP contribution in [0.5, 0.6) is 0 Å². The molecule has 0 atom stereocenters. The summed E-state index contributed by atoms with van der Waals surface area (Å²) in [6, 6.07) is 3.90. The lowest BCUT2D eigenvalue weighted by Crippen LogP contribution is -1.85. The van der Waals surface area contributed by atoms with E-state index in [4.69, 9.17) is 0 Å². The average Bonchev–Trinajstić information content (AvgIpc) is 2.67. The normalized spacial score (nSPS) is 10.1. The Labute approximate surface area is 98.9 Å². The first-order chi connectivity index (χ1) is 6.81. The van der Waals surface area contributed by atoms with E-state index in [-0.39, 0.29) is 0 Å². The highest BCUT2D eigenvalue weighted by Gasteiger charge is 2.08. The Balaban J connectivity index is 2.44. The fourth-order valence-corrected chi connectivity index (χ4v) is 2.48. The minimum atomic E-state index is 0.819. The third kappa shape index (κ3) is 1.85. The van der Waals surface area contributed by atoms with Crippen molar-refractivity contribution < 1.29 is 0 Å². The molecule has 0 spiro atoms. The Morgan fingerprint density at radius 1 is 1.43 bits per heavy atom. The minimum Gasteiger partial charge on any atom is -0.363 e. The molecular formula is C8H7IN4S. The van der Waals surface area contributed by atoms with E-state index in [9.17, 15) is 0 Å². The van der Waals surface area contributed by atoms with Crippen LogP contribution in [0.1, 0.15) is 0 Å². The zero-order valence-corrected chi connectivity index (χ0v) is 10.3. The lowest BCUT2D eigenvalue weighted by molar-refractivity contribution is 1.09. The predicted octanol–water partition coefficient (Wildman–Crippen LogP) is 2.25. The van der Waals surface area contributed by atoms with Crippen LogP contribution in [-0.4, -0.2) is 22.2 Å². The molecule has 0 amide bonds. The van der Waals surface area contributed by atoms with E-state index >= 15 is 0 Å². The van der Waals surface area contributed by atoms with Crippen molar-refractivity contribution >= 4 is 39.1 Å². The number of hydrogen-bond donors (Lipinski definition) is 1. The molecule has 2 rings (SSSR count). The highest BCUT2D eigenvalue weighted by molar-refractivity contribution is 14.1. The predicted molar refractivity (Wildman–Crippen MR) is 65.4 cm³/mol. The molecule has 4 nitrogen and oxygen atoms in total. The second-order valence-corrected chi connectivity index (χ2v) is 4.50. The number of halogens is 1. The van der Waals surface area contributed by atoms with Crippen molar-refractivity contribution in [2.45, 2.75) is 0 Å². The number of rotatable bonds is 2. The fourth-order valence-electron chi connectivity index (χ4n) is 0.979. The van der Waals surface area contributed by atoms with Crippen molar-refractivity contribution in [1.82, 2.24) is 15.2 Å². The highest BCUT2D eigenvalue weighted by atomic mass is 127. The molecule has 0 aliphatic rings. The molecule has 0 aromatic carbocycles. The third-order valence-corrected chi connectivity index (χ3v) is 3.46. The smallest absolute Gasteiger partial charge is 0.205 e. The zero-order valence-electron chi connectivity index (χ0n) is 7.36. The summed E-state index contributed by atoms with van der Waals surface area (Å²) in [5, 5.41) is 12.7. The van der Waals surface area contributed by atoms with E-state index in [0.717, 1.165) is 19.4 Å². The second kappa shape index (κ2) is 4.18. The van der Waals surface area contributed by atoms with Crippen molar-refractivity contribution in [3.05, 3.63) is 22.0 Å². The Bertz CT molecular complexity index is 442. The summed E-state index contributed by atoms with van der Waals surface area (Å²) in [6.45, 7) is 0. The summed E-state index contributed by atoms with van der Waals surface area (Å²) in [4.78, 5) is 4.20. The number of pyridine rings is 1. The minimum absolute atomic E-state index is 0.819. The highest BCUT2D eigenvalue weighted by Crippen LogP contribution is 2.28. The summed E-state index contributed by atoms with van der Waals surface area (Å²) in [7, 11) is 1.83. The van der Waals surface area contributed by atoms with Gasteiger partial charge >= 0.3 is 0 Å². The van der Waals surface area contributed by atoms with Gasteiger partial charge in [-0.2, -0.15) is 0 Å². The molecule has 1 N–H and O–H groups in total. The van der Waals surface area contributed by atoms with Gasteiger partial charge in [-0.15, -0.1) is 10.2 Å². The Hall–Kier alpha value is -0.760. The van der Waals surface area contributed by atoms with Crippen molar-refractivity contribution in [1.29, 1.82) is 0 Å². The fraction of sp³-hybridized carbons (Fsp3) is 0.125. The van der Waals surface area contributed by atoms with Gasteiger partial charge in [0.1, 0.15) is 3.70 Å². The van der Waals surface area contributed by atoms with Crippen molar-refractivity contribution in [3.8, 4) is 10.6 Å². The summed E-state index contributed by atoms with van der Waals surface area (Å²) < 4.78 is 0.948. The SMILES string of the molecule is CNc1nnc(-c2cccnc2I)s1. The molecule has 0 fully saturated rings. The van der Waals surface area contributed by atoms with Gasteiger partial charge in [0.2, 0.25) is 5.13 Å². The van der Waals surface area contributed by atoms with Gasteiger partial charge in [-0.05, 0) is 34.7 Å². The quantitative estimate of drug-likeness (QED) is 0.682. The van der Waals surface area contributed by atoms with Gasteiger partial charge in [-0.3, -0.25) is 0 Å². The Morgan fingerprint density at radius 2 is 2.29 bits per heavy atom. The molecule has 2 heterocycles. The van der Waals surface area contributed by atoms with Crippen molar-refractivity contribution in [2.75, 3.05) is 12.4 Å². The van der Waals surface area contributed by atoms with Crippen LogP contribution < -0.4 is 5.32 Å². The van der Waals surface area contributed by atoms with Gasteiger partial charge in [0.15, 0.2) is 5.01 Å². The first-order valence-corrected chi connectivity index (χ1v) is 5.83. The molecule has 0 aliphatic heterocycles. The largest absolute Gasteiger partial charge is 0.363 e. The van der Waals surface area contributed by atoms with Crippen LogP contribution in [0.2, 0.25) is 0 Å². The molecule has 0 radical (unpaired) electrons. The van der Waals surface area contributed by atoms with E-state index in [2.05, 4.69) is 43.1 Å². The maximum atomic E-state index is 4.20. The van der Waals surface area contributed by atoms with Crippen LogP contribution >= 0.6 is 33.9 Å². The summed E-state index contributed by atoms with van der Waals surface area (Å²) in [5.41, 5.74) is 1.03. The molecule has 14 heavy (non-hydrogen) atoms. The molecule has 0 saturated heterocycles. The molecule has 2 aromatic heterocycles. The Morgan fingerprint density at radius 3 is 2.93 bits per heavy atom.